The molecule has 1 aliphatic heterocycles. The molecule has 3 aromatic rings. The van der Waals surface area contributed by atoms with Crippen LogP contribution >= 0.6 is 0 Å². The van der Waals surface area contributed by atoms with Crippen molar-refractivity contribution in [2.45, 2.75) is 43.6 Å². The topological polar surface area (TPSA) is 75.7 Å². The number of carbonyl (C=O) groups is 1. The fraction of sp³-hybridized carbons (Fsp3) is 0.296. The van der Waals surface area contributed by atoms with Gasteiger partial charge in [-0.1, -0.05) is 75.4 Å². The Hall–Kier alpha value is -3.32. The van der Waals surface area contributed by atoms with Gasteiger partial charge >= 0.3 is 0 Å². The van der Waals surface area contributed by atoms with Crippen LogP contribution in [0, 0.1) is 0 Å². The number of anilines is 1. The van der Waals surface area contributed by atoms with E-state index in [9.17, 15) is 13.2 Å². The molecule has 1 aliphatic rings. The molecular formula is C27H30N2O4S. The molecule has 3 aromatic carbocycles. The molecule has 1 heterocycles. The first-order chi connectivity index (χ1) is 16.2. The van der Waals surface area contributed by atoms with E-state index in [1.165, 1.54) is 4.31 Å². The van der Waals surface area contributed by atoms with E-state index in [-0.39, 0.29) is 22.8 Å². The minimum Gasteiger partial charge on any atom is -0.476 e. The second-order valence-corrected chi connectivity index (χ2v) is 11.3. The van der Waals surface area contributed by atoms with Crippen molar-refractivity contribution in [3.8, 4) is 5.75 Å². The van der Waals surface area contributed by atoms with Gasteiger partial charge in [0.05, 0.1) is 17.1 Å². The van der Waals surface area contributed by atoms with Crippen molar-refractivity contribution in [3.63, 3.8) is 0 Å². The molecule has 0 bridgehead atoms. The zero-order valence-electron chi connectivity index (χ0n) is 19.7. The summed E-state index contributed by atoms with van der Waals surface area (Å²) in [5, 5.41) is 2.89. The molecule has 34 heavy (non-hydrogen) atoms. The molecule has 1 amide bonds. The number of sulfonamides is 1. The normalized spacial score (nSPS) is 15.9. The Morgan fingerprint density at radius 1 is 1.00 bits per heavy atom. The van der Waals surface area contributed by atoms with Gasteiger partial charge in [-0.15, -0.1) is 0 Å². The SMILES string of the molecule is CC(C)(C)c1ccc2c(c1)N(S(=O)(=O)c1ccccc1)C[C@@H](C(=O)NCCc1ccccc1)O2. The minimum absolute atomic E-state index is 0.102. The van der Waals surface area contributed by atoms with Crippen molar-refractivity contribution in [1.29, 1.82) is 0 Å². The number of nitrogens with zero attached hydrogens (tertiary/aromatic N) is 1. The average molecular weight is 479 g/mol. The van der Waals surface area contributed by atoms with Gasteiger partial charge in [0.2, 0.25) is 0 Å². The van der Waals surface area contributed by atoms with E-state index >= 15 is 0 Å². The van der Waals surface area contributed by atoms with Crippen LogP contribution in [0.25, 0.3) is 0 Å². The highest BCUT2D eigenvalue weighted by Gasteiger charge is 2.38. The number of carbonyl (C=O) groups excluding carboxylic acids is 1. The first-order valence-corrected chi connectivity index (χ1v) is 12.8. The van der Waals surface area contributed by atoms with Gasteiger partial charge in [0.25, 0.3) is 15.9 Å². The predicted molar refractivity (Wildman–Crippen MR) is 134 cm³/mol. The van der Waals surface area contributed by atoms with Crippen LogP contribution in [0.1, 0.15) is 31.9 Å². The lowest BCUT2D eigenvalue weighted by Crippen LogP contribution is -2.51. The Kier molecular flexibility index (Phi) is 6.66. The van der Waals surface area contributed by atoms with Gasteiger partial charge in [-0.25, -0.2) is 8.42 Å². The molecule has 7 heteroatoms. The third kappa shape index (κ3) is 5.09. The van der Waals surface area contributed by atoms with Crippen LogP contribution in [-0.4, -0.2) is 33.5 Å². The Balaban J connectivity index is 1.62. The number of hydrogen-bond acceptors (Lipinski definition) is 4. The van der Waals surface area contributed by atoms with Crippen LogP contribution in [0.5, 0.6) is 5.75 Å². The summed E-state index contributed by atoms with van der Waals surface area (Å²) in [5.74, 6) is 0.0386. The number of rotatable bonds is 6. The smallest absolute Gasteiger partial charge is 0.264 e. The van der Waals surface area contributed by atoms with E-state index in [2.05, 4.69) is 26.1 Å². The summed E-state index contributed by atoms with van der Waals surface area (Å²) in [4.78, 5) is 13.1. The molecule has 1 N–H and O–H groups in total. The largest absolute Gasteiger partial charge is 0.476 e. The second-order valence-electron chi connectivity index (χ2n) is 9.41. The van der Waals surface area contributed by atoms with Crippen LogP contribution in [0.3, 0.4) is 0 Å². The fourth-order valence-corrected chi connectivity index (χ4v) is 5.38. The summed E-state index contributed by atoms with van der Waals surface area (Å²) in [6.45, 7) is 6.53. The summed E-state index contributed by atoms with van der Waals surface area (Å²) >= 11 is 0. The average Bonchev–Trinajstić information content (AvgIpc) is 2.83. The zero-order valence-corrected chi connectivity index (χ0v) is 20.5. The lowest BCUT2D eigenvalue weighted by Gasteiger charge is -2.36. The molecule has 0 fully saturated rings. The van der Waals surface area contributed by atoms with E-state index in [1.807, 2.05) is 42.5 Å². The Morgan fingerprint density at radius 3 is 2.29 bits per heavy atom. The minimum atomic E-state index is -3.89. The Labute approximate surface area is 201 Å². The number of ether oxygens (including phenoxy) is 1. The van der Waals surface area contributed by atoms with Crippen molar-refractivity contribution < 1.29 is 17.9 Å². The Bertz CT molecular complexity index is 1250. The van der Waals surface area contributed by atoms with E-state index in [0.29, 0.717) is 24.4 Å². The van der Waals surface area contributed by atoms with Gasteiger partial charge in [-0.3, -0.25) is 9.10 Å². The summed E-state index contributed by atoms with van der Waals surface area (Å²) < 4.78 is 34.5. The molecular weight excluding hydrogens is 448 g/mol. The number of nitrogens with one attached hydrogen (secondary N) is 1. The summed E-state index contributed by atoms with van der Waals surface area (Å²) in [6, 6.07) is 23.7. The lowest BCUT2D eigenvalue weighted by molar-refractivity contribution is -0.127. The van der Waals surface area contributed by atoms with Crippen molar-refractivity contribution in [2.24, 2.45) is 0 Å². The molecule has 0 aromatic heterocycles. The van der Waals surface area contributed by atoms with E-state index in [4.69, 9.17) is 4.74 Å². The summed E-state index contributed by atoms with van der Waals surface area (Å²) in [6.07, 6.45) is -0.279. The van der Waals surface area contributed by atoms with Gasteiger partial charge in [-0.2, -0.15) is 0 Å². The van der Waals surface area contributed by atoms with E-state index in [0.717, 1.165) is 11.1 Å². The molecule has 1 atom stereocenters. The van der Waals surface area contributed by atoms with Gasteiger partial charge in [-0.05, 0) is 47.2 Å². The van der Waals surface area contributed by atoms with Gasteiger partial charge in [0.1, 0.15) is 5.75 Å². The molecule has 4 rings (SSSR count). The number of benzene rings is 3. The zero-order chi connectivity index (χ0) is 24.3. The molecule has 178 valence electrons. The lowest BCUT2D eigenvalue weighted by atomic mass is 9.86. The van der Waals surface area contributed by atoms with Crippen LogP contribution < -0.4 is 14.4 Å². The van der Waals surface area contributed by atoms with Crippen molar-refractivity contribution in [2.75, 3.05) is 17.4 Å². The van der Waals surface area contributed by atoms with Crippen molar-refractivity contribution >= 4 is 21.6 Å². The van der Waals surface area contributed by atoms with Crippen LogP contribution in [0.2, 0.25) is 0 Å². The van der Waals surface area contributed by atoms with Gasteiger partial charge < -0.3 is 10.1 Å². The number of hydrogen-bond donors (Lipinski definition) is 1. The molecule has 0 aliphatic carbocycles. The predicted octanol–water partition coefficient (Wildman–Crippen LogP) is 4.30. The maximum Gasteiger partial charge on any atom is 0.264 e. The number of amides is 1. The van der Waals surface area contributed by atoms with Crippen LogP contribution in [0.4, 0.5) is 5.69 Å². The molecule has 0 unspecified atom stereocenters. The number of fused-ring (bicyclic) bond motifs is 1. The molecule has 0 spiro atoms. The first-order valence-electron chi connectivity index (χ1n) is 11.4. The fourth-order valence-electron chi connectivity index (χ4n) is 3.89. The maximum atomic E-state index is 13.6. The summed E-state index contributed by atoms with van der Waals surface area (Å²) in [7, 11) is -3.89. The summed E-state index contributed by atoms with van der Waals surface area (Å²) in [5.41, 5.74) is 2.36. The molecule has 0 saturated heterocycles. The van der Waals surface area contributed by atoms with E-state index < -0.39 is 16.1 Å². The third-order valence-corrected chi connectivity index (χ3v) is 7.67. The molecule has 0 saturated carbocycles. The monoisotopic (exact) mass is 478 g/mol. The van der Waals surface area contributed by atoms with Crippen molar-refractivity contribution in [3.05, 3.63) is 90.0 Å². The second kappa shape index (κ2) is 9.50. The van der Waals surface area contributed by atoms with Crippen LogP contribution in [-0.2, 0) is 26.7 Å². The Morgan fingerprint density at radius 2 is 1.65 bits per heavy atom. The van der Waals surface area contributed by atoms with Crippen LogP contribution in [0.15, 0.2) is 83.8 Å². The molecule has 0 radical (unpaired) electrons. The third-order valence-electron chi connectivity index (χ3n) is 5.87. The first kappa shape index (κ1) is 23.8. The highest BCUT2D eigenvalue weighted by Crippen LogP contribution is 2.40. The van der Waals surface area contributed by atoms with Crippen molar-refractivity contribution in [1.82, 2.24) is 5.32 Å². The quantitative estimate of drug-likeness (QED) is 0.573. The van der Waals surface area contributed by atoms with Gasteiger partial charge in [0, 0.05) is 6.54 Å². The van der Waals surface area contributed by atoms with E-state index in [1.54, 1.807) is 36.4 Å². The van der Waals surface area contributed by atoms with Gasteiger partial charge in [0.15, 0.2) is 6.10 Å². The standard InChI is InChI=1S/C27H30N2O4S/c1-27(2,3)21-14-15-24-23(18-21)29(34(31,32)22-12-8-5-9-13-22)19-25(33-24)26(30)28-17-16-20-10-6-4-7-11-20/h4-15,18,25H,16-17,19H2,1-3H3,(H,28,30)/t25-/m0/s1. The maximum absolute atomic E-state index is 13.6. The highest BCUT2D eigenvalue weighted by molar-refractivity contribution is 7.92. The molecule has 6 nitrogen and oxygen atoms in total. The highest BCUT2D eigenvalue weighted by atomic mass is 32.2.